The Hall–Kier alpha value is -3.33. The molecular weight excluding hydrogens is 370 g/mol. The maximum Gasteiger partial charge on any atom is 0.254 e. The van der Waals surface area contributed by atoms with Crippen LogP contribution in [0.2, 0.25) is 0 Å². The van der Waals surface area contributed by atoms with Crippen LogP contribution in [0.5, 0.6) is 5.75 Å². The zero-order valence-corrected chi connectivity index (χ0v) is 17.7. The molecular formula is C27H27NO2. The molecule has 3 aromatic rings. The van der Waals surface area contributed by atoms with Crippen LogP contribution < -0.4 is 9.64 Å². The zero-order valence-electron chi connectivity index (χ0n) is 17.7. The summed E-state index contributed by atoms with van der Waals surface area (Å²) in [6.45, 7) is 4.24. The van der Waals surface area contributed by atoms with Crippen molar-refractivity contribution >= 4 is 11.6 Å². The predicted octanol–water partition coefficient (Wildman–Crippen LogP) is 6.21. The van der Waals surface area contributed by atoms with Gasteiger partial charge < -0.3 is 4.74 Å². The van der Waals surface area contributed by atoms with Gasteiger partial charge in [-0.25, -0.2) is 0 Å². The summed E-state index contributed by atoms with van der Waals surface area (Å²) in [6, 6.07) is 26.4. The molecule has 30 heavy (non-hydrogen) atoms. The summed E-state index contributed by atoms with van der Waals surface area (Å²) in [4.78, 5) is 15.4. The maximum absolute atomic E-state index is 13.5. The van der Waals surface area contributed by atoms with Crippen LogP contribution >= 0.6 is 0 Å². The van der Waals surface area contributed by atoms with E-state index in [2.05, 4.69) is 50.3 Å². The van der Waals surface area contributed by atoms with Crippen LogP contribution in [0.4, 0.5) is 5.69 Å². The van der Waals surface area contributed by atoms with Gasteiger partial charge in [0.05, 0.1) is 13.2 Å². The van der Waals surface area contributed by atoms with Gasteiger partial charge in [-0.1, -0.05) is 67.1 Å². The van der Waals surface area contributed by atoms with Gasteiger partial charge in [-0.3, -0.25) is 9.69 Å². The lowest BCUT2D eigenvalue weighted by Gasteiger charge is -2.26. The van der Waals surface area contributed by atoms with Gasteiger partial charge in [0.2, 0.25) is 0 Å². The van der Waals surface area contributed by atoms with Crippen LogP contribution in [-0.4, -0.2) is 13.0 Å². The van der Waals surface area contributed by atoms with Gasteiger partial charge in [0.1, 0.15) is 5.75 Å². The van der Waals surface area contributed by atoms with Crippen molar-refractivity contribution in [3.8, 4) is 5.75 Å². The molecule has 0 saturated carbocycles. The predicted molar refractivity (Wildman–Crippen MR) is 122 cm³/mol. The van der Waals surface area contributed by atoms with Crippen LogP contribution in [0.1, 0.15) is 42.0 Å². The van der Waals surface area contributed by atoms with Crippen LogP contribution in [-0.2, 0) is 4.79 Å². The van der Waals surface area contributed by atoms with Gasteiger partial charge in [-0.2, -0.15) is 0 Å². The summed E-state index contributed by atoms with van der Waals surface area (Å²) in [5, 5.41) is 0. The zero-order chi connectivity index (χ0) is 21.1. The van der Waals surface area contributed by atoms with Gasteiger partial charge in [-0.15, -0.1) is 0 Å². The summed E-state index contributed by atoms with van der Waals surface area (Å²) >= 11 is 0. The van der Waals surface area contributed by atoms with Gasteiger partial charge in [0.15, 0.2) is 0 Å². The molecule has 3 aromatic carbocycles. The average Bonchev–Trinajstić information content (AvgIpc) is 3.11. The molecule has 152 valence electrons. The number of rotatable bonds is 6. The van der Waals surface area contributed by atoms with Crippen molar-refractivity contribution in [2.75, 3.05) is 12.0 Å². The van der Waals surface area contributed by atoms with Crippen LogP contribution in [0.15, 0.2) is 90.5 Å². The van der Waals surface area contributed by atoms with E-state index in [1.54, 1.807) is 7.11 Å². The Kier molecular flexibility index (Phi) is 5.71. The Balaban J connectivity index is 1.70. The largest absolute Gasteiger partial charge is 0.497 e. The molecule has 2 atom stereocenters. The molecule has 0 aliphatic carbocycles. The average molecular weight is 398 g/mol. The summed E-state index contributed by atoms with van der Waals surface area (Å²) in [5.41, 5.74) is 5.24. The summed E-state index contributed by atoms with van der Waals surface area (Å²) in [6.07, 6.45) is 2.84. The van der Waals surface area contributed by atoms with Crippen molar-refractivity contribution in [3.05, 3.63) is 107 Å². The molecule has 0 spiro atoms. The van der Waals surface area contributed by atoms with Crippen LogP contribution in [0.3, 0.4) is 0 Å². The Morgan fingerprint density at radius 2 is 1.70 bits per heavy atom. The Morgan fingerprint density at radius 3 is 2.40 bits per heavy atom. The monoisotopic (exact) mass is 397 g/mol. The van der Waals surface area contributed by atoms with Gasteiger partial charge >= 0.3 is 0 Å². The molecule has 0 bridgehead atoms. The lowest BCUT2D eigenvalue weighted by Crippen LogP contribution is -2.29. The lowest BCUT2D eigenvalue weighted by molar-refractivity contribution is -0.115. The standard InChI is InChI=1S/C27H27NO2/c1-19-12-14-24(15-13-19)28-26(22-10-7-11-25(17-22)30-3)18-23(27(28)29)16-20(2)21-8-5-4-6-9-21/h4-15,17-18,20,26H,16H2,1-3H3/t20-,26+/m0/s1. The minimum absolute atomic E-state index is 0.0782. The number of ether oxygens (including phenoxy) is 1. The van der Waals surface area contributed by atoms with E-state index in [4.69, 9.17) is 4.74 Å². The summed E-state index contributed by atoms with van der Waals surface area (Å²) in [7, 11) is 1.67. The van der Waals surface area contributed by atoms with Crippen molar-refractivity contribution in [3.63, 3.8) is 0 Å². The first-order valence-electron chi connectivity index (χ1n) is 10.4. The minimum atomic E-state index is -0.145. The van der Waals surface area contributed by atoms with E-state index >= 15 is 0 Å². The normalized spacial score (nSPS) is 17.0. The first kappa shape index (κ1) is 20.0. The Bertz CT molecular complexity index is 1050. The van der Waals surface area contributed by atoms with E-state index in [-0.39, 0.29) is 17.9 Å². The molecule has 1 aliphatic heterocycles. The number of methoxy groups -OCH3 is 1. The highest BCUT2D eigenvalue weighted by Crippen LogP contribution is 2.39. The Morgan fingerprint density at radius 1 is 0.967 bits per heavy atom. The number of carbonyl (C=O) groups excluding carboxylic acids is 1. The van der Waals surface area contributed by atoms with E-state index in [9.17, 15) is 4.79 Å². The smallest absolute Gasteiger partial charge is 0.254 e. The maximum atomic E-state index is 13.5. The topological polar surface area (TPSA) is 29.5 Å². The van der Waals surface area contributed by atoms with E-state index in [0.29, 0.717) is 6.42 Å². The fraction of sp³-hybridized carbons (Fsp3) is 0.222. The lowest BCUT2D eigenvalue weighted by atomic mass is 9.93. The molecule has 0 unspecified atom stereocenters. The molecule has 1 heterocycles. The number of hydrogen-bond donors (Lipinski definition) is 0. The van der Waals surface area contributed by atoms with Crippen LogP contribution in [0.25, 0.3) is 0 Å². The second-order valence-electron chi connectivity index (χ2n) is 7.94. The number of aryl methyl sites for hydroxylation is 1. The van der Waals surface area contributed by atoms with Crippen molar-refractivity contribution < 1.29 is 9.53 Å². The number of benzene rings is 3. The fourth-order valence-electron chi connectivity index (χ4n) is 4.06. The highest BCUT2D eigenvalue weighted by molar-refractivity contribution is 6.09. The third-order valence-electron chi connectivity index (χ3n) is 5.77. The Labute approximate surface area is 178 Å². The molecule has 1 amide bonds. The molecule has 0 saturated heterocycles. The fourth-order valence-corrected chi connectivity index (χ4v) is 4.06. The number of hydrogen-bond acceptors (Lipinski definition) is 2. The first-order chi connectivity index (χ1) is 14.6. The van der Waals surface area contributed by atoms with E-state index in [0.717, 1.165) is 22.6 Å². The third-order valence-corrected chi connectivity index (χ3v) is 5.77. The molecule has 0 fully saturated rings. The number of carbonyl (C=O) groups is 1. The second kappa shape index (κ2) is 8.58. The summed E-state index contributed by atoms with van der Waals surface area (Å²) in [5.74, 6) is 1.14. The minimum Gasteiger partial charge on any atom is -0.497 e. The second-order valence-corrected chi connectivity index (χ2v) is 7.94. The number of anilines is 1. The van der Waals surface area contributed by atoms with Crippen molar-refractivity contribution in [2.45, 2.75) is 32.2 Å². The van der Waals surface area contributed by atoms with Gasteiger partial charge in [0, 0.05) is 11.3 Å². The molecule has 0 aromatic heterocycles. The molecule has 4 rings (SSSR count). The van der Waals surface area contributed by atoms with Crippen molar-refractivity contribution in [1.29, 1.82) is 0 Å². The van der Waals surface area contributed by atoms with Crippen molar-refractivity contribution in [1.82, 2.24) is 0 Å². The SMILES string of the molecule is COc1cccc([C@H]2C=C(C[C@H](C)c3ccccc3)C(=O)N2c2ccc(C)cc2)c1. The first-order valence-corrected chi connectivity index (χ1v) is 10.4. The van der Waals surface area contributed by atoms with Crippen LogP contribution in [0, 0.1) is 6.92 Å². The third kappa shape index (κ3) is 4.02. The van der Waals surface area contributed by atoms with Gasteiger partial charge in [-0.05, 0) is 60.7 Å². The van der Waals surface area contributed by atoms with Gasteiger partial charge in [0.25, 0.3) is 5.91 Å². The van der Waals surface area contributed by atoms with Crippen molar-refractivity contribution in [2.24, 2.45) is 0 Å². The number of amides is 1. The molecule has 3 heteroatoms. The van der Waals surface area contributed by atoms with E-state index in [1.807, 2.05) is 53.4 Å². The highest BCUT2D eigenvalue weighted by atomic mass is 16.5. The number of nitrogens with zero attached hydrogens (tertiary/aromatic N) is 1. The molecule has 3 nitrogen and oxygen atoms in total. The highest BCUT2D eigenvalue weighted by Gasteiger charge is 2.35. The molecule has 0 radical (unpaired) electrons. The van der Waals surface area contributed by atoms with E-state index in [1.165, 1.54) is 11.1 Å². The summed E-state index contributed by atoms with van der Waals surface area (Å²) < 4.78 is 5.42. The molecule has 1 aliphatic rings. The quantitative estimate of drug-likeness (QED) is 0.495. The molecule has 0 N–H and O–H groups in total. The van der Waals surface area contributed by atoms with E-state index < -0.39 is 0 Å².